The zero-order valence-electron chi connectivity index (χ0n) is 19.8. The molecule has 1 heterocycles. The lowest BCUT2D eigenvalue weighted by Crippen LogP contribution is -2.29. The van der Waals surface area contributed by atoms with Gasteiger partial charge < -0.3 is 4.43 Å². The van der Waals surface area contributed by atoms with Gasteiger partial charge in [0.15, 0.2) is 15.3 Å². The summed E-state index contributed by atoms with van der Waals surface area (Å²) in [6.45, 7) is 19.1. The van der Waals surface area contributed by atoms with Crippen LogP contribution in [0.5, 0.6) is 0 Å². The molecule has 1 aromatic heterocycles. The van der Waals surface area contributed by atoms with Gasteiger partial charge in [0.2, 0.25) is 0 Å². The summed E-state index contributed by atoms with van der Waals surface area (Å²) >= 11 is 0. The predicted octanol–water partition coefficient (Wildman–Crippen LogP) is 7.03. The summed E-state index contributed by atoms with van der Waals surface area (Å²) in [5.74, 6) is -0.0579. The van der Waals surface area contributed by atoms with Crippen LogP contribution in [-0.4, -0.2) is 20.3 Å². The second-order valence-electron chi connectivity index (χ2n) is 9.95. The first-order valence-corrected chi connectivity index (χ1v) is 13.6. The zero-order chi connectivity index (χ0) is 22.8. The van der Waals surface area contributed by atoms with Gasteiger partial charge in [0.05, 0.1) is 11.8 Å². The summed E-state index contributed by atoms with van der Waals surface area (Å²) in [6.07, 6.45) is 0.690. The SMILES string of the molecule is CC(C)c1nc(C(C)C)c(C(O[SiH](C)C)C(C)(C)C)c(-c2ccc(F)cc2)c1C=O. The number of carbonyl (C=O) groups excluding carboxylic acids is 1. The summed E-state index contributed by atoms with van der Waals surface area (Å²) in [4.78, 5) is 17.4. The van der Waals surface area contributed by atoms with E-state index in [0.717, 1.165) is 34.4 Å². The molecule has 0 spiro atoms. The van der Waals surface area contributed by atoms with E-state index in [9.17, 15) is 9.18 Å². The van der Waals surface area contributed by atoms with Crippen LogP contribution in [0.2, 0.25) is 13.1 Å². The molecule has 0 aliphatic carbocycles. The molecule has 1 unspecified atom stereocenters. The largest absolute Gasteiger partial charge is 0.413 e. The third kappa shape index (κ3) is 5.24. The topological polar surface area (TPSA) is 39.2 Å². The molecular formula is C25H36FNO2Si. The molecule has 0 fully saturated rings. The van der Waals surface area contributed by atoms with E-state index in [0.29, 0.717) is 5.56 Å². The molecule has 0 saturated heterocycles. The molecule has 1 aromatic carbocycles. The minimum absolute atomic E-state index is 0.0874. The molecule has 30 heavy (non-hydrogen) atoms. The molecule has 164 valence electrons. The quantitative estimate of drug-likeness (QED) is 0.350. The molecule has 2 aromatic rings. The van der Waals surface area contributed by atoms with Gasteiger partial charge in [-0.05, 0) is 48.0 Å². The second kappa shape index (κ2) is 9.52. The summed E-state index contributed by atoms with van der Waals surface area (Å²) in [7, 11) is -1.41. The maximum atomic E-state index is 13.7. The van der Waals surface area contributed by atoms with Crippen LogP contribution in [0.3, 0.4) is 0 Å². The van der Waals surface area contributed by atoms with E-state index in [-0.39, 0.29) is 29.2 Å². The smallest absolute Gasteiger partial charge is 0.171 e. The van der Waals surface area contributed by atoms with Crippen LogP contribution in [0.25, 0.3) is 11.1 Å². The third-order valence-electron chi connectivity index (χ3n) is 5.13. The maximum absolute atomic E-state index is 13.7. The maximum Gasteiger partial charge on any atom is 0.171 e. The molecule has 2 rings (SSSR count). The Hall–Kier alpha value is -1.85. The fourth-order valence-electron chi connectivity index (χ4n) is 3.82. The standard InChI is InChI=1S/C25H36FNO2Si/c1-15(2)22-19(14-28)20(17-10-12-18(26)13-11-17)21(23(27-22)16(3)4)24(25(5,6)7)29-30(8)9/h10-16,24,30H,1-9H3. The highest BCUT2D eigenvalue weighted by Crippen LogP contribution is 2.46. The van der Waals surface area contributed by atoms with Crippen LogP contribution in [0.1, 0.15) is 93.7 Å². The van der Waals surface area contributed by atoms with E-state index in [1.54, 1.807) is 12.1 Å². The van der Waals surface area contributed by atoms with Gasteiger partial charge >= 0.3 is 0 Å². The first-order valence-electron chi connectivity index (χ1n) is 10.8. The number of hydrogen-bond acceptors (Lipinski definition) is 3. The Balaban J connectivity index is 3.06. The monoisotopic (exact) mass is 429 g/mol. The molecule has 1 atom stereocenters. The highest BCUT2D eigenvalue weighted by Gasteiger charge is 2.35. The van der Waals surface area contributed by atoms with Crippen molar-refractivity contribution in [1.82, 2.24) is 4.98 Å². The summed E-state index contributed by atoms with van der Waals surface area (Å²) in [5.41, 5.74) is 4.75. The van der Waals surface area contributed by atoms with Crippen molar-refractivity contribution in [2.75, 3.05) is 0 Å². The minimum Gasteiger partial charge on any atom is -0.413 e. The molecule has 0 aliphatic rings. The molecule has 0 bridgehead atoms. The van der Waals surface area contributed by atoms with Crippen molar-refractivity contribution < 1.29 is 13.6 Å². The Kier molecular flexibility index (Phi) is 7.75. The Morgan fingerprint density at radius 1 is 1.00 bits per heavy atom. The van der Waals surface area contributed by atoms with Gasteiger partial charge in [-0.25, -0.2) is 4.39 Å². The van der Waals surface area contributed by atoms with E-state index < -0.39 is 9.04 Å². The average molecular weight is 430 g/mol. The van der Waals surface area contributed by atoms with Crippen molar-refractivity contribution in [3.8, 4) is 11.1 Å². The van der Waals surface area contributed by atoms with Crippen molar-refractivity contribution in [3.05, 3.63) is 52.6 Å². The number of benzene rings is 1. The molecule has 0 aliphatic heterocycles. The van der Waals surface area contributed by atoms with E-state index >= 15 is 0 Å². The lowest BCUT2D eigenvalue weighted by atomic mass is 9.77. The van der Waals surface area contributed by atoms with Crippen LogP contribution in [-0.2, 0) is 4.43 Å². The Morgan fingerprint density at radius 3 is 1.93 bits per heavy atom. The van der Waals surface area contributed by atoms with Gasteiger partial charge in [-0.1, -0.05) is 60.6 Å². The number of rotatable bonds is 7. The molecular weight excluding hydrogens is 393 g/mol. The van der Waals surface area contributed by atoms with E-state index in [1.807, 2.05) is 13.8 Å². The fraction of sp³-hybridized carbons (Fsp3) is 0.520. The van der Waals surface area contributed by atoms with Gasteiger partial charge in [-0.3, -0.25) is 9.78 Å². The van der Waals surface area contributed by atoms with Crippen LogP contribution in [0, 0.1) is 11.2 Å². The van der Waals surface area contributed by atoms with E-state index in [4.69, 9.17) is 9.41 Å². The normalized spacial score (nSPS) is 13.4. The Morgan fingerprint density at radius 2 is 1.53 bits per heavy atom. The lowest BCUT2D eigenvalue weighted by molar-refractivity contribution is 0.0854. The number of hydrogen-bond donors (Lipinski definition) is 0. The predicted molar refractivity (Wildman–Crippen MR) is 125 cm³/mol. The first kappa shape index (κ1) is 24.4. The average Bonchev–Trinajstić information content (AvgIpc) is 2.64. The van der Waals surface area contributed by atoms with E-state index in [2.05, 4.69) is 47.7 Å². The first-order chi connectivity index (χ1) is 13.9. The van der Waals surface area contributed by atoms with Crippen molar-refractivity contribution in [2.45, 2.75) is 79.5 Å². The van der Waals surface area contributed by atoms with Crippen molar-refractivity contribution in [1.29, 1.82) is 0 Å². The van der Waals surface area contributed by atoms with Gasteiger partial charge in [0.25, 0.3) is 0 Å². The summed E-state index contributed by atoms with van der Waals surface area (Å²) in [6, 6.07) is 6.40. The van der Waals surface area contributed by atoms with Crippen molar-refractivity contribution >= 4 is 15.3 Å². The van der Waals surface area contributed by atoms with Crippen LogP contribution in [0.4, 0.5) is 4.39 Å². The Bertz CT molecular complexity index is 884. The van der Waals surface area contributed by atoms with E-state index in [1.165, 1.54) is 12.1 Å². The van der Waals surface area contributed by atoms with Gasteiger partial charge in [0.1, 0.15) is 5.82 Å². The fourth-order valence-corrected chi connectivity index (χ4v) is 4.91. The Labute approximate surface area is 182 Å². The number of pyridine rings is 1. The van der Waals surface area contributed by atoms with Gasteiger partial charge in [0, 0.05) is 22.4 Å². The van der Waals surface area contributed by atoms with Crippen LogP contribution in [0.15, 0.2) is 24.3 Å². The molecule has 5 heteroatoms. The van der Waals surface area contributed by atoms with Crippen molar-refractivity contribution in [3.63, 3.8) is 0 Å². The highest BCUT2D eigenvalue weighted by molar-refractivity contribution is 6.48. The zero-order valence-corrected chi connectivity index (χ0v) is 21.0. The summed E-state index contributed by atoms with van der Waals surface area (Å²) < 4.78 is 20.3. The number of aldehydes is 1. The molecule has 0 radical (unpaired) electrons. The number of aromatic nitrogens is 1. The summed E-state index contributed by atoms with van der Waals surface area (Å²) in [5, 5.41) is 0. The number of nitrogens with zero attached hydrogens (tertiary/aromatic N) is 1. The number of halogens is 1. The van der Waals surface area contributed by atoms with Crippen LogP contribution >= 0.6 is 0 Å². The lowest BCUT2D eigenvalue weighted by Gasteiger charge is -2.37. The highest BCUT2D eigenvalue weighted by atomic mass is 28.3. The second-order valence-corrected chi connectivity index (χ2v) is 12.3. The van der Waals surface area contributed by atoms with Crippen LogP contribution < -0.4 is 0 Å². The van der Waals surface area contributed by atoms with Gasteiger partial charge in [-0.15, -0.1) is 0 Å². The number of carbonyl (C=O) groups is 1. The molecule has 0 saturated carbocycles. The molecule has 3 nitrogen and oxygen atoms in total. The van der Waals surface area contributed by atoms with Gasteiger partial charge in [-0.2, -0.15) is 0 Å². The van der Waals surface area contributed by atoms with Crippen molar-refractivity contribution in [2.24, 2.45) is 5.41 Å². The molecule has 0 N–H and O–H groups in total. The molecule has 0 amide bonds. The third-order valence-corrected chi connectivity index (χ3v) is 5.95. The minimum atomic E-state index is -1.41.